The van der Waals surface area contributed by atoms with Crippen molar-refractivity contribution in [3.05, 3.63) is 83.8 Å². The molecule has 0 atom stereocenters. The SMILES string of the molecule is O=C1C=C(N2CC2)C(=O)C(N2CC2)=C1N1CC1.S=C(S)N(c1ccccc1)c1ccccc1. The number of benzene rings is 2. The van der Waals surface area contributed by atoms with E-state index in [-0.39, 0.29) is 11.6 Å². The smallest absolute Gasteiger partial charge is 0.227 e. The van der Waals surface area contributed by atoms with Crippen LogP contribution in [-0.4, -0.2) is 69.9 Å². The van der Waals surface area contributed by atoms with Crippen molar-refractivity contribution >= 4 is 52.1 Å². The monoisotopic (exact) mass is 476 g/mol. The van der Waals surface area contributed by atoms with Crippen LogP contribution in [0.2, 0.25) is 0 Å². The molecule has 0 aromatic heterocycles. The zero-order valence-electron chi connectivity index (χ0n) is 18.1. The van der Waals surface area contributed by atoms with Crippen LogP contribution in [0.1, 0.15) is 0 Å². The van der Waals surface area contributed by atoms with Crippen LogP contribution in [-0.2, 0) is 9.59 Å². The Bertz CT molecular complexity index is 1110. The summed E-state index contributed by atoms with van der Waals surface area (Å²) in [6, 6.07) is 19.9. The van der Waals surface area contributed by atoms with Gasteiger partial charge in [-0.15, -0.1) is 12.6 Å². The van der Waals surface area contributed by atoms with Gasteiger partial charge in [0.25, 0.3) is 0 Å². The lowest BCUT2D eigenvalue weighted by Crippen LogP contribution is -2.29. The lowest BCUT2D eigenvalue weighted by molar-refractivity contribution is -0.117. The number of carbonyl (C=O) groups excluding carboxylic acids is 2. The lowest BCUT2D eigenvalue weighted by Gasteiger charge is -2.22. The van der Waals surface area contributed by atoms with Crippen molar-refractivity contribution in [1.82, 2.24) is 14.7 Å². The molecule has 0 spiro atoms. The number of para-hydroxylation sites is 2. The summed E-state index contributed by atoms with van der Waals surface area (Å²) in [4.78, 5) is 32.4. The Morgan fingerprint density at radius 2 is 1.18 bits per heavy atom. The largest absolute Gasteiger partial charge is 0.365 e. The van der Waals surface area contributed by atoms with E-state index in [0.717, 1.165) is 50.6 Å². The molecule has 6 nitrogen and oxygen atoms in total. The number of anilines is 2. The third-order valence-corrected chi connectivity index (χ3v) is 6.09. The van der Waals surface area contributed by atoms with Crippen molar-refractivity contribution in [2.24, 2.45) is 0 Å². The van der Waals surface area contributed by atoms with Crippen LogP contribution < -0.4 is 4.90 Å². The van der Waals surface area contributed by atoms with E-state index in [9.17, 15) is 9.59 Å². The minimum atomic E-state index is 0.00546. The normalized spacial score (nSPS) is 18.5. The second-order valence-electron chi connectivity index (χ2n) is 8.17. The standard InChI is InChI=1S/C13H11NS2.C12H13N3O2/c15-13(16)14(11-7-3-1-4-8-11)12-9-5-2-6-10-12;16-9-7-8(13-1-2-13)12(17)11(15-5-6-15)10(9)14-3-4-14/h1-10H,(H,15,16);7H,1-6H2. The molecule has 3 aliphatic heterocycles. The number of hydrogen-bond acceptors (Lipinski definition) is 6. The quantitative estimate of drug-likeness (QED) is 0.308. The van der Waals surface area contributed by atoms with Crippen molar-refractivity contribution in [2.75, 3.05) is 44.2 Å². The zero-order valence-corrected chi connectivity index (χ0v) is 19.8. The summed E-state index contributed by atoms with van der Waals surface area (Å²) in [5, 5.41) is 0. The first kappa shape index (κ1) is 21.7. The van der Waals surface area contributed by atoms with E-state index >= 15 is 0 Å². The van der Waals surface area contributed by atoms with Crippen LogP contribution in [0, 0.1) is 0 Å². The van der Waals surface area contributed by atoms with E-state index in [1.807, 2.05) is 80.3 Å². The predicted octanol–water partition coefficient (Wildman–Crippen LogP) is 3.22. The highest BCUT2D eigenvalue weighted by atomic mass is 32.1. The van der Waals surface area contributed by atoms with Gasteiger partial charge >= 0.3 is 0 Å². The molecule has 0 amide bonds. The summed E-state index contributed by atoms with van der Waals surface area (Å²) < 4.78 is 0.539. The van der Waals surface area contributed by atoms with Gasteiger partial charge in [0, 0.05) is 56.7 Å². The number of nitrogens with zero attached hydrogens (tertiary/aromatic N) is 4. The first-order chi connectivity index (χ1) is 16.0. The zero-order chi connectivity index (χ0) is 22.9. The third kappa shape index (κ3) is 4.82. The fraction of sp³-hybridized carbons (Fsp3) is 0.240. The number of allylic oxidation sites excluding steroid dienone is 1. The summed E-state index contributed by atoms with van der Waals surface area (Å²) in [5.74, 6) is 0.0485. The molecule has 8 heteroatoms. The molecule has 2 aromatic rings. The van der Waals surface area contributed by atoms with Gasteiger partial charge in [0.1, 0.15) is 15.7 Å². The molecule has 2 aromatic carbocycles. The van der Waals surface area contributed by atoms with Gasteiger partial charge in [-0.05, 0) is 24.3 Å². The molecular formula is C25H24N4O2S2. The molecule has 6 rings (SSSR count). The van der Waals surface area contributed by atoms with Crippen LogP contribution in [0.15, 0.2) is 83.8 Å². The second kappa shape index (κ2) is 9.03. The molecule has 0 radical (unpaired) electrons. The van der Waals surface area contributed by atoms with E-state index < -0.39 is 0 Å². The summed E-state index contributed by atoms with van der Waals surface area (Å²) in [5.41, 5.74) is 3.93. The topological polar surface area (TPSA) is 46.4 Å². The second-order valence-corrected chi connectivity index (χ2v) is 9.28. The first-order valence-electron chi connectivity index (χ1n) is 11.0. The molecule has 168 valence electrons. The summed E-state index contributed by atoms with van der Waals surface area (Å²) in [7, 11) is 0. The molecule has 0 unspecified atom stereocenters. The highest BCUT2D eigenvalue weighted by Gasteiger charge is 2.43. The van der Waals surface area contributed by atoms with Gasteiger partial charge in [-0.2, -0.15) is 0 Å². The molecule has 3 heterocycles. The Hall–Kier alpha value is -3.10. The predicted molar refractivity (Wildman–Crippen MR) is 136 cm³/mol. The van der Waals surface area contributed by atoms with Crippen LogP contribution >= 0.6 is 24.8 Å². The Morgan fingerprint density at radius 1 is 0.727 bits per heavy atom. The maximum absolute atomic E-state index is 12.4. The van der Waals surface area contributed by atoms with Gasteiger partial charge < -0.3 is 14.7 Å². The summed E-state index contributed by atoms with van der Waals surface area (Å²) in [6.07, 6.45) is 1.52. The molecule has 1 aliphatic carbocycles. The lowest BCUT2D eigenvalue weighted by atomic mass is 10.0. The molecule has 0 saturated carbocycles. The van der Waals surface area contributed by atoms with Crippen molar-refractivity contribution in [2.45, 2.75) is 0 Å². The number of ketones is 2. The minimum absolute atomic E-state index is 0.00546. The Morgan fingerprint density at radius 3 is 1.61 bits per heavy atom. The highest BCUT2D eigenvalue weighted by molar-refractivity contribution is 8.11. The molecular weight excluding hydrogens is 452 g/mol. The Balaban J connectivity index is 0.000000139. The van der Waals surface area contributed by atoms with Crippen LogP contribution in [0.3, 0.4) is 0 Å². The number of carbonyl (C=O) groups is 2. The molecule has 3 saturated heterocycles. The number of thiocarbonyl (C=S) groups is 1. The van der Waals surface area contributed by atoms with E-state index in [1.54, 1.807) is 0 Å². The molecule has 3 fully saturated rings. The van der Waals surface area contributed by atoms with Crippen molar-refractivity contribution in [3.63, 3.8) is 0 Å². The average molecular weight is 477 g/mol. The minimum Gasteiger partial charge on any atom is -0.365 e. The van der Waals surface area contributed by atoms with E-state index in [2.05, 4.69) is 12.6 Å². The maximum Gasteiger partial charge on any atom is 0.227 e. The van der Waals surface area contributed by atoms with Gasteiger partial charge in [-0.25, -0.2) is 0 Å². The third-order valence-electron chi connectivity index (χ3n) is 5.71. The fourth-order valence-electron chi connectivity index (χ4n) is 3.80. The van der Waals surface area contributed by atoms with Crippen LogP contribution in [0.25, 0.3) is 0 Å². The fourth-order valence-corrected chi connectivity index (χ4v) is 4.24. The highest BCUT2D eigenvalue weighted by Crippen LogP contribution is 2.34. The molecule has 0 bridgehead atoms. The van der Waals surface area contributed by atoms with Crippen LogP contribution in [0.5, 0.6) is 0 Å². The molecule has 0 N–H and O–H groups in total. The van der Waals surface area contributed by atoms with Gasteiger partial charge in [0.2, 0.25) is 11.6 Å². The van der Waals surface area contributed by atoms with E-state index in [4.69, 9.17) is 12.2 Å². The average Bonchev–Trinajstić information content (AvgIpc) is 3.66. The van der Waals surface area contributed by atoms with Crippen molar-refractivity contribution < 1.29 is 9.59 Å². The Kier molecular flexibility index (Phi) is 5.95. The van der Waals surface area contributed by atoms with Crippen molar-refractivity contribution in [3.8, 4) is 0 Å². The number of Topliss-reactive ketones (excluding diaryl/α,β-unsaturated/α-hetero) is 1. The van der Waals surface area contributed by atoms with Gasteiger partial charge in [0.05, 0.1) is 5.70 Å². The Labute approximate surface area is 204 Å². The van der Waals surface area contributed by atoms with Gasteiger partial charge in [-0.3, -0.25) is 14.5 Å². The first-order valence-corrected chi connectivity index (χ1v) is 11.8. The molecule has 33 heavy (non-hydrogen) atoms. The summed E-state index contributed by atoms with van der Waals surface area (Å²) >= 11 is 9.44. The van der Waals surface area contributed by atoms with Gasteiger partial charge in [0.15, 0.2) is 0 Å². The van der Waals surface area contributed by atoms with Gasteiger partial charge in [-0.1, -0.05) is 48.6 Å². The number of rotatable bonds is 5. The maximum atomic E-state index is 12.4. The van der Waals surface area contributed by atoms with Crippen molar-refractivity contribution in [1.29, 1.82) is 0 Å². The summed E-state index contributed by atoms with van der Waals surface area (Å²) in [6.45, 7) is 5.41. The van der Waals surface area contributed by atoms with Crippen LogP contribution in [0.4, 0.5) is 11.4 Å². The van der Waals surface area contributed by atoms with E-state index in [0.29, 0.717) is 21.4 Å². The number of thiol groups is 1. The van der Waals surface area contributed by atoms with E-state index in [1.165, 1.54) is 6.08 Å². The molecule has 4 aliphatic rings. The number of hydrogen-bond donors (Lipinski definition) is 1.